The zero-order chi connectivity index (χ0) is 16.1. The Morgan fingerprint density at radius 2 is 2.39 bits per heavy atom. The predicted molar refractivity (Wildman–Crippen MR) is 92.0 cm³/mol. The van der Waals surface area contributed by atoms with Gasteiger partial charge in [0.2, 0.25) is 0 Å². The van der Waals surface area contributed by atoms with Crippen molar-refractivity contribution < 1.29 is 9.53 Å². The quantitative estimate of drug-likeness (QED) is 0.850. The fourth-order valence-corrected chi connectivity index (χ4v) is 4.04. The van der Waals surface area contributed by atoms with Crippen molar-refractivity contribution in [3.8, 4) is 0 Å². The van der Waals surface area contributed by atoms with Crippen molar-refractivity contribution in [2.45, 2.75) is 36.5 Å². The maximum Gasteiger partial charge on any atom is 0.271 e. The maximum absolute atomic E-state index is 12.4. The van der Waals surface area contributed by atoms with Crippen molar-refractivity contribution in [2.75, 3.05) is 39.1 Å². The van der Waals surface area contributed by atoms with Crippen LogP contribution in [0.1, 0.15) is 42.2 Å². The van der Waals surface area contributed by atoms with Gasteiger partial charge in [0, 0.05) is 37.2 Å². The first kappa shape index (κ1) is 16.8. The number of amides is 1. The first-order valence-corrected chi connectivity index (χ1v) is 9.62. The molecule has 2 aliphatic rings. The largest absolute Gasteiger partial charge is 0.381 e. The van der Waals surface area contributed by atoms with Gasteiger partial charge in [-0.25, -0.2) is 0 Å². The van der Waals surface area contributed by atoms with Gasteiger partial charge >= 0.3 is 0 Å². The molecule has 7 heteroatoms. The molecule has 1 amide bonds. The lowest BCUT2D eigenvalue weighted by Crippen LogP contribution is -2.44. The van der Waals surface area contributed by atoms with Crippen LogP contribution in [0.4, 0.5) is 0 Å². The van der Waals surface area contributed by atoms with Gasteiger partial charge in [0.05, 0.1) is 6.04 Å². The molecule has 6 nitrogen and oxygen atoms in total. The summed E-state index contributed by atoms with van der Waals surface area (Å²) in [5, 5.41) is 10.9. The molecule has 1 unspecified atom stereocenters. The van der Waals surface area contributed by atoms with Gasteiger partial charge in [-0.2, -0.15) is 16.9 Å². The van der Waals surface area contributed by atoms with Crippen LogP contribution in [0.2, 0.25) is 0 Å². The minimum Gasteiger partial charge on any atom is -0.381 e. The lowest BCUT2D eigenvalue weighted by Gasteiger charge is -2.35. The topological polar surface area (TPSA) is 68.2 Å². The second-order valence-electron chi connectivity index (χ2n) is 6.36. The van der Waals surface area contributed by atoms with Crippen LogP contribution >= 0.6 is 11.8 Å². The minimum atomic E-state index is -0.0764. The molecule has 23 heavy (non-hydrogen) atoms. The Bertz CT molecular complexity index is 522. The summed E-state index contributed by atoms with van der Waals surface area (Å²) in [7, 11) is 0. The molecule has 128 valence electrons. The number of carbonyl (C=O) groups is 1. The lowest BCUT2D eigenvalue weighted by molar-refractivity contribution is 0.0741. The van der Waals surface area contributed by atoms with Gasteiger partial charge in [0.15, 0.2) is 0 Å². The van der Waals surface area contributed by atoms with E-state index in [1.807, 2.05) is 28.7 Å². The van der Waals surface area contributed by atoms with E-state index in [2.05, 4.69) is 22.0 Å². The van der Waals surface area contributed by atoms with Crippen molar-refractivity contribution in [1.29, 1.82) is 0 Å². The Morgan fingerprint density at radius 1 is 1.57 bits per heavy atom. The first-order valence-electron chi connectivity index (χ1n) is 8.39. The Morgan fingerprint density at radius 3 is 3.09 bits per heavy atom. The molecule has 0 saturated carbocycles. The van der Waals surface area contributed by atoms with Gasteiger partial charge in [-0.05, 0) is 44.6 Å². The Kier molecular flexibility index (Phi) is 5.61. The molecule has 0 aliphatic carbocycles. The van der Waals surface area contributed by atoms with Crippen LogP contribution < -0.4 is 10.6 Å². The third kappa shape index (κ3) is 4.08. The summed E-state index contributed by atoms with van der Waals surface area (Å²) in [6.07, 6.45) is 8.27. The molecule has 2 aliphatic heterocycles. The highest BCUT2D eigenvalue weighted by Crippen LogP contribution is 2.33. The van der Waals surface area contributed by atoms with Crippen LogP contribution in [0.5, 0.6) is 0 Å². The average molecular weight is 338 g/mol. The van der Waals surface area contributed by atoms with E-state index in [0.717, 1.165) is 52.0 Å². The second kappa shape index (κ2) is 7.68. The van der Waals surface area contributed by atoms with Gasteiger partial charge in [-0.3, -0.25) is 9.48 Å². The number of hydrogen-bond acceptors (Lipinski definition) is 5. The zero-order valence-electron chi connectivity index (χ0n) is 13.7. The standard InChI is InChI=1S/C16H26N4O2S/c1-23-16(5-9-22-10-6-16)12-18-15(21)14-4-8-20(19-14)13-3-2-7-17-11-13/h4,8,13,17H,2-3,5-7,9-12H2,1H3,(H,18,21). The molecule has 0 bridgehead atoms. The third-order valence-corrected chi connectivity index (χ3v) is 6.31. The number of nitrogens with one attached hydrogen (secondary N) is 2. The van der Waals surface area contributed by atoms with E-state index >= 15 is 0 Å². The highest BCUT2D eigenvalue weighted by Gasteiger charge is 2.32. The zero-order valence-corrected chi connectivity index (χ0v) is 14.5. The number of nitrogens with zero attached hydrogens (tertiary/aromatic N) is 2. The van der Waals surface area contributed by atoms with Gasteiger partial charge in [0.1, 0.15) is 5.69 Å². The van der Waals surface area contributed by atoms with E-state index in [1.54, 1.807) is 0 Å². The predicted octanol–water partition coefficient (Wildman–Crippen LogP) is 1.45. The van der Waals surface area contributed by atoms with E-state index < -0.39 is 0 Å². The van der Waals surface area contributed by atoms with Crippen LogP contribution in [0, 0.1) is 0 Å². The van der Waals surface area contributed by atoms with Crippen molar-refractivity contribution >= 4 is 17.7 Å². The summed E-state index contributed by atoms with van der Waals surface area (Å²) < 4.78 is 7.47. The maximum atomic E-state index is 12.4. The second-order valence-corrected chi connectivity index (χ2v) is 7.64. The van der Waals surface area contributed by atoms with Crippen LogP contribution in [0.25, 0.3) is 0 Å². The van der Waals surface area contributed by atoms with Crippen molar-refractivity contribution in [1.82, 2.24) is 20.4 Å². The molecule has 1 aromatic heterocycles. The molecule has 0 radical (unpaired) electrons. The van der Waals surface area contributed by atoms with Crippen LogP contribution in [-0.4, -0.2) is 59.5 Å². The number of hydrogen-bond donors (Lipinski definition) is 2. The molecule has 3 heterocycles. The summed E-state index contributed by atoms with van der Waals surface area (Å²) in [4.78, 5) is 12.4. The van der Waals surface area contributed by atoms with Crippen LogP contribution in [-0.2, 0) is 4.74 Å². The van der Waals surface area contributed by atoms with Crippen LogP contribution in [0.15, 0.2) is 12.3 Å². The summed E-state index contributed by atoms with van der Waals surface area (Å²) in [6, 6.07) is 2.18. The molecule has 2 fully saturated rings. The monoisotopic (exact) mass is 338 g/mol. The van der Waals surface area contributed by atoms with Gasteiger partial charge in [-0.1, -0.05) is 0 Å². The third-order valence-electron chi connectivity index (χ3n) is 4.89. The number of carbonyl (C=O) groups excluding carboxylic acids is 1. The van der Waals surface area contributed by atoms with E-state index in [-0.39, 0.29) is 10.7 Å². The van der Waals surface area contributed by atoms with Crippen molar-refractivity contribution in [3.63, 3.8) is 0 Å². The molecular weight excluding hydrogens is 312 g/mol. The molecule has 1 atom stereocenters. The molecule has 2 saturated heterocycles. The summed E-state index contributed by atoms with van der Waals surface area (Å²) in [6.45, 7) is 4.23. The van der Waals surface area contributed by atoms with E-state index in [9.17, 15) is 4.79 Å². The number of aromatic nitrogens is 2. The SMILES string of the molecule is CSC1(CNC(=O)c2ccn(C3CCCNC3)n2)CCOCC1. The normalized spacial score (nSPS) is 24.3. The fourth-order valence-electron chi connectivity index (χ4n) is 3.25. The van der Waals surface area contributed by atoms with E-state index in [1.165, 1.54) is 0 Å². The number of piperidine rings is 1. The average Bonchev–Trinajstić information content (AvgIpc) is 3.11. The molecule has 2 N–H and O–H groups in total. The molecule has 3 rings (SSSR count). The summed E-state index contributed by atoms with van der Waals surface area (Å²) in [5.74, 6) is -0.0764. The van der Waals surface area contributed by atoms with Gasteiger partial charge in [-0.15, -0.1) is 0 Å². The lowest BCUT2D eigenvalue weighted by atomic mass is 9.99. The van der Waals surface area contributed by atoms with Gasteiger partial charge in [0.25, 0.3) is 5.91 Å². The Balaban J connectivity index is 1.56. The van der Waals surface area contributed by atoms with Crippen molar-refractivity contribution in [2.24, 2.45) is 0 Å². The molecule has 0 spiro atoms. The number of thioether (sulfide) groups is 1. The molecule has 0 aromatic carbocycles. The van der Waals surface area contributed by atoms with Crippen molar-refractivity contribution in [3.05, 3.63) is 18.0 Å². The van der Waals surface area contributed by atoms with Gasteiger partial charge < -0.3 is 15.4 Å². The Hall–Kier alpha value is -1.05. The first-order chi connectivity index (χ1) is 11.2. The van der Waals surface area contributed by atoms with E-state index in [4.69, 9.17) is 4.74 Å². The van der Waals surface area contributed by atoms with E-state index in [0.29, 0.717) is 18.3 Å². The summed E-state index contributed by atoms with van der Waals surface area (Å²) >= 11 is 1.83. The number of ether oxygens (including phenoxy) is 1. The smallest absolute Gasteiger partial charge is 0.271 e. The molecular formula is C16H26N4O2S. The van der Waals surface area contributed by atoms with Crippen LogP contribution in [0.3, 0.4) is 0 Å². The number of rotatable bonds is 5. The highest BCUT2D eigenvalue weighted by molar-refractivity contribution is 8.00. The minimum absolute atomic E-state index is 0.0764. The fraction of sp³-hybridized carbons (Fsp3) is 0.750. The molecule has 1 aromatic rings. The highest BCUT2D eigenvalue weighted by atomic mass is 32.2. The summed E-state index contributed by atoms with van der Waals surface area (Å²) in [5.41, 5.74) is 0.513. The Labute approximate surface area is 141 Å².